The molecule has 1 N–H and O–H groups in total. The molecule has 0 radical (unpaired) electrons. The normalized spacial score (nSPS) is 10.2. The molecule has 2 rings (SSSR count). The van der Waals surface area contributed by atoms with Crippen LogP contribution in [0.4, 0.5) is 8.78 Å². The molecule has 0 fully saturated rings. The van der Waals surface area contributed by atoms with Gasteiger partial charge in [-0.1, -0.05) is 24.3 Å². The van der Waals surface area contributed by atoms with E-state index in [4.69, 9.17) is 5.11 Å². The lowest BCUT2D eigenvalue weighted by molar-refractivity contribution is 0.0693. The molecule has 2 nitrogen and oxygen atoms in total. The Labute approximate surface area is 96.1 Å². The number of benzene rings is 2. The van der Waals surface area contributed by atoms with Crippen LogP contribution in [0.15, 0.2) is 42.5 Å². The first kappa shape index (κ1) is 11.3. The Bertz CT molecular complexity index is 579. The zero-order chi connectivity index (χ0) is 12.4. The Morgan fingerprint density at radius 1 is 1.06 bits per heavy atom. The maximum atomic E-state index is 13.4. The number of hydrogen-bond donors (Lipinski definition) is 1. The summed E-state index contributed by atoms with van der Waals surface area (Å²) >= 11 is 0. The Hall–Kier alpha value is -2.23. The van der Waals surface area contributed by atoms with Crippen LogP contribution < -0.4 is 0 Å². The molecule has 0 unspecified atom stereocenters. The molecule has 0 aliphatic heterocycles. The molecule has 0 atom stereocenters. The van der Waals surface area contributed by atoms with Crippen LogP contribution in [0.1, 0.15) is 10.4 Å². The SMILES string of the molecule is O=C(O)c1c(F)cccc1-c1cccc(F)c1. The smallest absolute Gasteiger partial charge is 0.339 e. The molecular weight excluding hydrogens is 226 g/mol. The quantitative estimate of drug-likeness (QED) is 0.865. The van der Waals surface area contributed by atoms with E-state index in [2.05, 4.69) is 0 Å². The van der Waals surface area contributed by atoms with E-state index in [1.807, 2.05) is 0 Å². The van der Waals surface area contributed by atoms with Gasteiger partial charge in [0.15, 0.2) is 0 Å². The van der Waals surface area contributed by atoms with Gasteiger partial charge >= 0.3 is 5.97 Å². The van der Waals surface area contributed by atoms with Crippen molar-refractivity contribution >= 4 is 5.97 Å². The van der Waals surface area contributed by atoms with Gasteiger partial charge in [-0.2, -0.15) is 0 Å². The van der Waals surface area contributed by atoms with Gasteiger partial charge in [-0.15, -0.1) is 0 Å². The average Bonchev–Trinajstić information content (AvgIpc) is 2.28. The maximum Gasteiger partial charge on any atom is 0.339 e. The molecule has 2 aromatic carbocycles. The first-order valence-corrected chi connectivity index (χ1v) is 4.87. The summed E-state index contributed by atoms with van der Waals surface area (Å²) < 4.78 is 26.5. The van der Waals surface area contributed by atoms with Gasteiger partial charge in [0.25, 0.3) is 0 Å². The number of carbonyl (C=O) groups is 1. The number of carboxylic acid groups (broad SMARTS) is 1. The Kier molecular flexibility index (Phi) is 2.87. The van der Waals surface area contributed by atoms with E-state index in [0.29, 0.717) is 5.56 Å². The second kappa shape index (κ2) is 4.33. The summed E-state index contributed by atoms with van der Waals surface area (Å²) in [5.74, 6) is -2.70. The predicted octanol–water partition coefficient (Wildman–Crippen LogP) is 3.33. The average molecular weight is 234 g/mol. The Balaban J connectivity index is 2.67. The van der Waals surface area contributed by atoms with Gasteiger partial charge in [0.2, 0.25) is 0 Å². The molecule has 86 valence electrons. The largest absolute Gasteiger partial charge is 0.478 e. The van der Waals surface area contributed by atoms with Crippen molar-refractivity contribution in [2.45, 2.75) is 0 Å². The monoisotopic (exact) mass is 234 g/mol. The topological polar surface area (TPSA) is 37.3 Å². The van der Waals surface area contributed by atoms with Crippen molar-refractivity contribution < 1.29 is 18.7 Å². The molecule has 0 aromatic heterocycles. The van der Waals surface area contributed by atoms with Crippen molar-refractivity contribution in [3.8, 4) is 11.1 Å². The lowest BCUT2D eigenvalue weighted by Crippen LogP contribution is -2.03. The van der Waals surface area contributed by atoms with Crippen molar-refractivity contribution in [3.05, 3.63) is 59.7 Å². The summed E-state index contributed by atoms with van der Waals surface area (Å²) in [6.45, 7) is 0. The minimum Gasteiger partial charge on any atom is -0.478 e. The molecule has 0 spiro atoms. The molecule has 0 aliphatic carbocycles. The second-order valence-corrected chi connectivity index (χ2v) is 3.48. The molecule has 0 bridgehead atoms. The fraction of sp³-hybridized carbons (Fsp3) is 0. The molecular formula is C13H8F2O2. The van der Waals surface area contributed by atoms with E-state index in [0.717, 1.165) is 6.07 Å². The van der Waals surface area contributed by atoms with E-state index >= 15 is 0 Å². The zero-order valence-corrected chi connectivity index (χ0v) is 8.65. The van der Waals surface area contributed by atoms with Gasteiger partial charge in [0.1, 0.15) is 17.2 Å². The van der Waals surface area contributed by atoms with Gasteiger partial charge in [0, 0.05) is 0 Å². The van der Waals surface area contributed by atoms with Crippen molar-refractivity contribution in [3.63, 3.8) is 0 Å². The fourth-order valence-corrected chi connectivity index (χ4v) is 1.64. The summed E-state index contributed by atoms with van der Waals surface area (Å²) in [7, 11) is 0. The number of carboxylic acids is 1. The molecule has 0 saturated heterocycles. The summed E-state index contributed by atoms with van der Waals surface area (Å²) in [6.07, 6.45) is 0. The molecule has 2 aromatic rings. The Morgan fingerprint density at radius 3 is 2.41 bits per heavy atom. The molecule has 0 heterocycles. The van der Waals surface area contributed by atoms with E-state index in [1.54, 1.807) is 0 Å². The number of rotatable bonds is 2. The third-order valence-electron chi connectivity index (χ3n) is 2.36. The lowest BCUT2D eigenvalue weighted by atomic mass is 9.99. The van der Waals surface area contributed by atoms with Crippen LogP contribution in [0.2, 0.25) is 0 Å². The fourth-order valence-electron chi connectivity index (χ4n) is 1.64. The first-order chi connectivity index (χ1) is 8.09. The van der Waals surface area contributed by atoms with Crippen LogP contribution >= 0.6 is 0 Å². The van der Waals surface area contributed by atoms with Crippen LogP contribution in [-0.4, -0.2) is 11.1 Å². The summed E-state index contributed by atoms with van der Waals surface area (Å²) in [4.78, 5) is 11.0. The predicted molar refractivity (Wildman–Crippen MR) is 58.8 cm³/mol. The molecule has 4 heteroatoms. The standard InChI is InChI=1S/C13H8F2O2/c14-9-4-1-3-8(7-9)10-5-2-6-11(15)12(10)13(16)17/h1-7H,(H,16,17). The van der Waals surface area contributed by atoms with E-state index < -0.39 is 23.2 Å². The molecule has 17 heavy (non-hydrogen) atoms. The van der Waals surface area contributed by atoms with Crippen molar-refractivity contribution in [2.24, 2.45) is 0 Å². The molecule has 0 amide bonds. The summed E-state index contributed by atoms with van der Waals surface area (Å²) in [5, 5.41) is 8.94. The van der Waals surface area contributed by atoms with Crippen molar-refractivity contribution in [1.29, 1.82) is 0 Å². The molecule has 0 saturated carbocycles. The van der Waals surface area contributed by atoms with Gasteiger partial charge in [-0.25, -0.2) is 13.6 Å². The highest BCUT2D eigenvalue weighted by Gasteiger charge is 2.16. The van der Waals surface area contributed by atoms with Gasteiger partial charge in [-0.3, -0.25) is 0 Å². The second-order valence-electron chi connectivity index (χ2n) is 3.48. The highest BCUT2D eigenvalue weighted by Crippen LogP contribution is 2.26. The summed E-state index contributed by atoms with van der Waals surface area (Å²) in [5.41, 5.74) is 0.0528. The van der Waals surface area contributed by atoms with Crippen LogP contribution in [-0.2, 0) is 0 Å². The van der Waals surface area contributed by atoms with E-state index in [-0.39, 0.29) is 5.56 Å². The minimum atomic E-state index is -1.37. The number of hydrogen-bond acceptors (Lipinski definition) is 1. The van der Waals surface area contributed by atoms with Crippen molar-refractivity contribution in [1.82, 2.24) is 0 Å². The zero-order valence-electron chi connectivity index (χ0n) is 8.65. The minimum absolute atomic E-state index is 0.164. The van der Waals surface area contributed by atoms with E-state index in [9.17, 15) is 13.6 Å². The van der Waals surface area contributed by atoms with Crippen LogP contribution in [0.3, 0.4) is 0 Å². The Morgan fingerprint density at radius 2 is 1.76 bits per heavy atom. The highest BCUT2D eigenvalue weighted by atomic mass is 19.1. The maximum absolute atomic E-state index is 13.4. The first-order valence-electron chi connectivity index (χ1n) is 4.87. The number of halogens is 2. The third kappa shape index (κ3) is 2.15. The highest BCUT2D eigenvalue weighted by molar-refractivity contribution is 5.96. The van der Waals surface area contributed by atoms with Gasteiger partial charge < -0.3 is 5.11 Å². The van der Waals surface area contributed by atoms with Gasteiger partial charge in [-0.05, 0) is 29.3 Å². The number of aromatic carboxylic acids is 1. The van der Waals surface area contributed by atoms with Gasteiger partial charge in [0.05, 0.1) is 0 Å². The lowest BCUT2D eigenvalue weighted by Gasteiger charge is -2.07. The molecule has 0 aliphatic rings. The van der Waals surface area contributed by atoms with Crippen LogP contribution in [0, 0.1) is 11.6 Å². The summed E-state index contributed by atoms with van der Waals surface area (Å²) in [6, 6.07) is 9.28. The van der Waals surface area contributed by atoms with Crippen LogP contribution in [0.25, 0.3) is 11.1 Å². The van der Waals surface area contributed by atoms with Crippen LogP contribution in [0.5, 0.6) is 0 Å². The van der Waals surface area contributed by atoms with Crippen molar-refractivity contribution in [2.75, 3.05) is 0 Å². The third-order valence-corrected chi connectivity index (χ3v) is 2.36. The van der Waals surface area contributed by atoms with E-state index in [1.165, 1.54) is 36.4 Å².